The standard InChI is InChI=1S/C13H21NO/c1-13(2)6-11(13)12(15)14-7-10(8-14)9-4-3-5-9/h9-11H,3-8H2,1-2H3/t11-/m1/s1. The van der Waals surface area contributed by atoms with Crippen LogP contribution in [0.4, 0.5) is 0 Å². The molecule has 84 valence electrons. The van der Waals surface area contributed by atoms with Crippen LogP contribution < -0.4 is 0 Å². The molecule has 1 amide bonds. The van der Waals surface area contributed by atoms with Gasteiger partial charge in [-0.05, 0) is 23.7 Å². The predicted molar refractivity (Wildman–Crippen MR) is 59.3 cm³/mol. The van der Waals surface area contributed by atoms with Crippen LogP contribution in [0.15, 0.2) is 0 Å². The van der Waals surface area contributed by atoms with Gasteiger partial charge in [0.15, 0.2) is 0 Å². The van der Waals surface area contributed by atoms with Crippen molar-refractivity contribution >= 4 is 5.91 Å². The van der Waals surface area contributed by atoms with Gasteiger partial charge in [-0.25, -0.2) is 0 Å². The highest BCUT2D eigenvalue weighted by Crippen LogP contribution is 2.53. The number of likely N-dealkylation sites (tertiary alicyclic amines) is 1. The summed E-state index contributed by atoms with van der Waals surface area (Å²) in [6.45, 7) is 6.55. The summed E-state index contributed by atoms with van der Waals surface area (Å²) >= 11 is 0. The first-order valence-corrected chi connectivity index (χ1v) is 6.37. The Balaban J connectivity index is 1.48. The Morgan fingerprint density at radius 1 is 1.20 bits per heavy atom. The van der Waals surface area contributed by atoms with Gasteiger partial charge < -0.3 is 4.90 Å². The van der Waals surface area contributed by atoms with E-state index in [0.29, 0.717) is 17.2 Å². The molecule has 2 saturated carbocycles. The Bertz CT molecular complexity index is 287. The Hall–Kier alpha value is -0.530. The van der Waals surface area contributed by atoms with Gasteiger partial charge in [-0.15, -0.1) is 0 Å². The maximum absolute atomic E-state index is 12.0. The molecule has 0 N–H and O–H groups in total. The summed E-state index contributed by atoms with van der Waals surface area (Å²) in [7, 11) is 0. The van der Waals surface area contributed by atoms with Gasteiger partial charge in [0.2, 0.25) is 5.91 Å². The number of amides is 1. The first-order valence-electron chi connectivity index (χ1n) is 6.37. The molecular formula is C13H21NO. The second-order valence-electron chi connectivity index (χ2n) is 6.44. The van der Waals surface area contributed by atoms with Crippen LogP contribution >= 0.6 is 0 Å². The lowest BCUT2D eigenvalue weighted by Crippen LogP contribution is -2.54. The van der Waals surface area contributed by atoms with Crippen LogP contribution in [0.3, 0.4) is 0 Å². The predicted octanol–water partition coefficient (Wildman–Crippen LogP) is 2.29. The largest absolute Gasteiger partial charge is 0.342 e. The van der Waals surface area contributed by atoms with Crippen LogP contribution in [-0.2, 0) is 4.79 Å². The van der Waals surface area contributed by atoms with E-state index in [2.05, 4.69) is 18.7 Å². The van der Waals surface area contributed by atoms with Gasteiger partial charge in [-0.1, -0.05) is 33.1 Å². The zero-order chi connectivity index (χ0) is 10.6. The molecule has 0 bridgehead atoms. The molecule has 0 radical (unpaired) electrons. The smallest absolute Gasteiger partial charge is 0.226 e. The molecular weight excluding hydrogens is 186 g/mol. The maximum Gasteiger partial charge on any atom is 0.226 e. The van der Waals surface area contributed by atoms with E-state index in [9.17, 15) is 4.79 Å². The van der Waals surface area contributed by atoms with Gasteiger partial charge in [-0.3, -0.25) is 4.79 Å². The van der Waals surface area contributed by atoms with Crippen molar-refractivity contribution < 1.29 is 4.79 Å². The maximum atomic E-state index is 12.0. The molecule has 0 aromatic rings. The molecule has 0 aromatic heterocycles. The highest BCUT2D eigenvalue weighted by molar-refractivity contribution is 5.83. The van der Waals surface area contributed by atoms with Crippen molar-refractivity contribution in [2.75, 3.05) is 13.1 Å². The molecule has 1 atom stereocenters. The van der Waals surface area contributed by atoms with E-state index in [4.69, 9.17) is 0 Å². The molecule has 2 aliphatic carbocycles. The van der Waals surface area contributed by atoms with Crippen LogP contribution in [0.1, 0.15) is 39.5 Å². The second-order valence-corrected chi connectivity index (χ2v) is 6.44. The molecule has 15 heavy (non-hydrogen) atoms. The third-order valence-corrected chi connectivity index (χ3v) is 4.85. The van der Waals surface area contributed by atoms with Crippen molar-refractivity contribution in [3.8, 4) is 0 Å². The van der Waals surface area contributed by atoms with Gasteiger partial charge in [0.25, 0.3) is 0 Å². The first-order chi connectivity index (χ1) is 7.08. The molecule has 2 heteroatoms. The fourth-order valence-corrected chi connectivity index (χ4v) is 3.01. The summed E-state index contributed by atoms with van der Waals surface area (Å²) in [5, 5.41) is 0. The SMILES string of the molecule is CC1(C)C[C@@H]1C(=O)N1CC(C2CCC2)C1. The Kier molecular flexibility index (Phi) is 1.93. The quantitative estimate of drug-likeness (QED) is 0.680. The highest BCUT2D eigenvalue weighted by Gasteiger charge is 2.53. The molecule has 3 fully saturated rings. The van der Waals surface area contributed by atoms with Crippen LogP contribution in [0.2, 0.25) is 0 Å². The van der Waals surface area contributed by atoms with Crippen molar-refractivity contribution in [1.82, 2.24) is 4.90 Å². The van der Waals surface area contributed by atoms with Crippen molar-refractivity contribution in [3.05, 3.63) is 0 Å². The van der Waals surface area contributed by atoms with Gasteiger partial charge >= 0.3 is 0 Å². The second kappa shape index (κ2) is 2.99. The summed E-state index contributed by atoms with van der Waals surface area (Å²) in [6.07, 6.45) is 5.37. The third-order valence-electron chi connectivity index (χ3n) is 4.85. The highest BCUT2D eigenvalue weighted by atomic mass is 16.2. The molecule has 0 spiro atoms. The summed E-state index contributed by atoms with van der Waals surface area (Å²) in [4.78, 5) is 14.1. The number of hydrogen-bond acceptors (Lipinski definition) is 1. The molecule has 3 rings (SSSR count). The summed E-state index contributed by atoms with van der Waals surface area (Å²) in [6, 6.07) is 0. The van der Waals surface area contributed by atoms with Crippen LogP contribution in [0, 0.1) is 23.2 Å². The van der Waals surface area contributed by atoms with E-state index in [1.54, 1.807) is 0 Å². The van der Waals surface area contributed by atoms with Gasteiger partial charge in [-0.2, -0.15) is 0 Å². The van der Waals surface area contributed by atoms with Crippen LogP contribution in [-0.4, -0.2) is 23.9 Å². The number of carbonyl (C=O) groups is 1. The molecule has 1 saturated heterocycles. The van der Waals surface area contributed by atoms with Gasteiger partial charge in [0.05, 0.1) is 0 Å². The zero-order valence-electron chi connectivity index (χ0n) is 9.83. The topological polar surface area (TPSA) is 20.3 Å². The van der Waals surface area contributed by atoms with Crippen molar-refractivity contribution in [2.45, 2.75) is 39.5 Å². The fourth-order valence-electron chi connectivity index (χ4n) is 3.01. The minimum absolute atomic E-state index is 0.304. The third kappa shape index (κ3) is 1.49. The molecule has 3 aliphatic rings. The van der Waals surface area contributed by atoms with E-state index in [0.717, 1.165) is 31.3 Å². The Morgan fingerprint density at radius 3 is 2.20 bits per heavy atom. The Labute approximate surface area is 92.0 Å². The summed E-state index contributed by atoms with van der Waals surface area (Å²) < 4.78 is 0. The average molecular weight is 207 g/mol. The lowest BCUT2D eigenvalue weighted by molar-refractivity contribution is -0.142. The van der Waals surface area contributed by atoms with E-state index in [1.165, 1.54) is 19.3 Å². The van der Waals surface area contributed by atoms with E-state index in [-0.39, 0.29) is 0 Å². The van der Waals surface area contributed by atoms with Crippen molar-refractivity contribution in [1.29, 1.82) is 0 Å². The normalized spacial score (nSPS) is 34.5. The minimum Gasteiger partial charge on any atom is -0.342 e. The molecule has 1 aliphatic heterocycles. The van der Waals surface area contributed by atoms with Crippen molar-refractivity contribution in [2.24, 2.45) is 23.2 Å². The van der Waals surface area contributed by atoms with Gasteiger partial charge in [0, 0.05) is 19.0 Å². The van der Waals surface area contributed by atoms with Crippen LogP contribution in [0.5, 0.6) is 0 Å². The average Bonchev–Trinajstić information content (AvgIpc) is 2.61. The van der Waals surface area contributed by atoms with Crippen LogP contribution in [0.25, 0.3) is 0 Å². The van der Waals surface area contributed by atoms with E-state index >= 15 is 0 Å². The molecule has 1 heterocycles. The monoisotopic (exact) mass is 207 g/mol. The van der Waals surface area contributed by atoms with E-state index in [1.807, 2.05) is 0 Å². The summed E-state index contributed by atoms with van der Waals surface area (Å²) in [5.74, 6) is 2.60. The Morgan fingerprint density at radius 2 is 1.80 bits per heavy atom. The van der Waals surface area contributed by atoms with Crippen molar-refractivity contribution in [3.63, 3.8) is 0 Å². The number of hydrogen-bond donors (Lipinski definition) is 0. The minimum atomic E-state index is 0.304. The molecule has 0 unspecified atom stereocenters. The van der Waals surface area contributed by atoms with Gasteiger partial charge in [0.1, 0.15) is 0 Å². The molecule has 2 nitrogen and oxygen atoms in total. The molecule has 0 aromatic carbocycles. The first kappa shape index (κ1) is 9.68. The lowest BCUT2D eigenvalue weighted by Gasteiger charge is -2.46. The number of nitrogens with zero attached hydrogens (tertiary/aromatic N) is 1. The number of carbonyl (C=O) groups excluding carboxylic acids is 1. The zero-order valence-corrected chi connectivity index (χ0v) is 9.83. The fraction of sp³-hybridized carbons (Fsp3) is 0.923. The lowest BCUT2D eigenvalue weighted by atomic mass is 9.72. The number of rotatable bonds is 2. The van der Waals surface area contributed by atoms with E-state index < -0.39 is 0 Å². The summed E-state index contributed by atoms with van der Waals surface area (Å²) in [5.41, 5.74) is 0.304.